The molecule has 2 fully saturated rings. The molecule has 0 spiro atoms. The van der Waals surface area contributed by atoms with Gasteiger partial charge in [-0.05, 0) is 100.0 Å². The fourth-order valence-corrected chi connectivity index (χ4v) is 6.24. The molecule has 9 heteroatoms. The zero-order valence-corrected chi connectivity index (χ0v) is 24.1. The second-order valence-corrected chi connectivity index (χ2v) is 11.7. The van der Waals surface area contributed by atoms with E-state index >= 15 is 0 Å². The van der Waals surface area contributed by atoms with Crippen molar-refractivity contribution >= 4 is 40.7 Å². The minimum atomic E-state index is -0.0954. The molecular formula is C30H37Cl2N3O4. The number of amides is 2. The molecule has 3 aliphatic rings. The van der Waals surface area contributed by atoms with Crippen LogP contribution in [0.25, 0.3) is 0 Å². The summed E-state index contributed by atoms with van der Waals surface area (Å²) in [4.78, 5) is 31.6. The van der Waals surface area contributed by atoms with Gasteiger partial charge in [0.2, 0.25) is 18.6 Å². The van der Waals surface area contributed by atoms with E-state index in [1.54, 1.807) is 19.1 Å². The first kappa shape index (κ1) is 28.1. The van der Waals surface area contributed by atoms with Crippen LogP contribution in [0.4, 0.5) is 5.69 Å². The van der Waals surface area contributed by atoms with Gasteiger partial charge in [-0.25, -0.2) is 0 Å². The molecule has 2 aromatic carbocycles. The highest BCUT2D eigenvalue weighted by molar-refractivity contribution is 6.42. The Labute approximate surface area is 240 Å². The summed E-state index contributed by atoms with van der Waals surface area (Å²) in [5.41, 5.74) is 2.09. The van der Waals surface area contributed by atoms with Crippen LogP contribution in [0.3, 0.4) is 0 Å². The smallest absolute Gasteiger partial charge is 0.231 e. The van der Waals surface area contributed by atoms with Gasteiger partial charge in [0.25, 0.3) is 0 Å². The maximum atomic E-state index is 13.7. The fraction of sp³-hybridized carbons (Fsp3) is 0.533. The van der Waals surface area contributed by atoms with Crippen LogP contribution in [0.5, 0.6) is 11.5 Å². The first-order chi connectivity index (χ1) is 18.9. The van der Waals surface area contributed by atoms with Crippen LogP contribution >= 0.6 is 23.2 Å². The molecule has 2 saturated heterocycles. The van der Waals surface area contributed by atoms with Crippen molar-refractivity contribution in [1.29, 1.82) is 0 Å². The molecule has 3 aliphatic heterocycles. The van der Waals surface area contributed by atoms with E-state index in [1.807, 2.05) is 21.9 Å². The number of piperidine rings is 2. The number of halogens is 2. The Balaban J connectivity index is 1.13. The maximum Gasteiger partial charge on any atom is 0.231 e. The molecule has 0 N–H and O–H groups in total. The van der Waals surface area contributed by atoms with Gasteiger partial charge in [-0.1, -0.05) is 29.3 Å². The van der Waals surface area contributed by atoms with Gasteiger partial charge in [-0.3, -0.25) is 9.59 Å². The van der Waals surface area contributed by atoms with E-state index in [4.69, 9.17) is 32.7 Å². The number of likely N-dealkylation sites (tertiary alicyclic amines) is 2. The molecule has 2 amide bonds. The van der Waals surface area contributed by atoms with Crippen molar-refractivity contribution in [2.24, 2.45) is 11.8 Å². The first-order valence-electron chi connectivity index (χ1n) is 14.0. The number of carbonyl (C=O) groups is 2. The Morgan fingerprint density at radius 2 is 1.67 bits per heavy atom. The van der Waals surface area contributed by atoms with E-state index in [2.05, 4.69) is 17.0 Å². The molecule has 210 valence electrons. The van der Waals surface area contributed by atoms with Gasteiger partial charge in [-0.2, -0.15) is 0 Å². The summed E-state index contributed by atoms with van der Waals surface area (Å²) in [6.07, 6.45) is 5.65. The van der Waals surface area contributed by atoms with Crippen molar-refractivity contribution in [2.45, 2.75) is 45.4 Å². The highest BCUT2D eigenvalue weighted by Gasteiger charge is 2.30. The predicted molar refractivity (Wildman–Crippen MR) is 154 cm³/mol. The molecule has 0 saturated carbocycles. The van der Waals surface area contributed by atoms with E-state index in [0.717, 1.165) is 49.7 Å². The third kappa shape index (κ3) is 7.00. The molecule has 2 aromatic rings. The monoisotopic (exact) mass is 573 g/mol. The highest BCUT2D eigenvalue weighted by atomic mass is 35.5. The average molecular weight is 575 g/mol. The molecule has 39 heavy (non-hydrogen) atoms. The minimum Gasteiger partial charge on any atom is -0.454 e. The Morgan fingerprint density at radius 3 is 2.38 bits per heavy atom. The summed E-state index contributed by atoms with van der Waals surface area (Å²) in [5.74, 6) is 2.44. The number of hydrogen-bond acceptors (Lipinski definition) is 5. The van der Waals surface area contributed by atoms with Crippen LogP contribution in [0.2, 0.25) is 10.0 Å². The van der Waals surface area contributed by atoms with Crippen LogP contribution < -0.4 is 14.4 Å². The molecule has 0 atom stereocenters. The van der Waals surface area contributed by atoms with Crippen molar-refractivity contribution in [3.05, 3.63) is 52.0 Å². The van der Waals surface area contributed by atoms with Gasteiger partial charge in [0, 0.05) is 38.2 Å². The molecule has 0 radical (unpaired) electrons. The van der Waals surface area contributed by atoms with Crippen molar-refractivity contribution < 1.29 is 19.1 Å². The zero-order valence-electron chi connectivity index (χ0n) is 22.5. The second-order valence-electron chi connectivity index (χ2n) is 10.9. The molecule has 3 heterocycles. The van der Waals surface area contributed by atoms with Gasteiger partial charge in [-0.15, -0.1) is 0 Å². The number of carbonyl (C=O) groups excluding carboxylic acids is 2. The van der Waals surface area contributed by atoms with Gasteiger partial charge in [0.15, 0.2) is 11.5 Å². The third-order valence-electron chi connectivity index (χ3n) is 8.29. The molecular weight excluding hydrogens is 537 g/mol. The Morgan fingerprint density at radius 1 is 0.923 bits per heavy atom. The molecule has 5 rings (SSSR count). The van der Waals surface area contributed by atoms with Gasteiger partial charge >= 0.3 is 0 Å². The first-order valence-corrected chi connectivity index (χ1v) is 14.8. The van der Waals surface area contributed by atoms with E-state index in [-0.39, 0.29) is 17.7 Å². The van der Waals surface area contributed by atoms with Crippen LogP contribution in [0.15, 0.2) is 36.4 Å². The maximum absolute atomic E-state index is 13.7. The minimum absolute atomic E-state index is 0.0712. The van der Waals surface area contributed by atoms with E-state index < -0.39 is 0 Å². The van der Waals surface area contributed by atoms with Crippen molar-refractivity contribution in [3.8, 4) is 11.5 Å². The summed E-state index contributed by atoms with van der Waals surface area (Å²) in [7, 11) is 0. The summed E-state index contributed by atoms with van der Waals surface area (Å²) in [6.45, 7) is 6.86. The third-order valence-corrected chi connectivity index (χ3v) is 9.03. The molecule has 0 aliphatic carbocycles. The van der Waals surface area contributed by atoms with E-state index in [1.165, 1.54) is 18.4 Å². The summed E-state index contributed by atoms with van der Waals surface area (Å²) in [5, 5.41) is 0.925. The number of fused-ring (bicyclic) bond motifs is 1. The standard InChI is InChI=1S/C30H37Cl2N3O4/c1-21(36)34-15-9-24(10-16-34)30(37)35(25-4-5-26(31)27(32)19-25)12-2-11-33-13-7-22(8-14-33)17-23-3-6-28-29(18-23)39-20-38-28/h3-6,18-19,22,24H,2,7-17,20H2,1H3. The number of anilines is 1. The lowest BCUT2D eigenvalue weighted by Crippen LogP contribution is -2.45. The van der Waals surface area contributed by atoms with Crippen molar-refractivity contribution in [3.63, 3.8) is 0 Å². The second kappa shape index (κ2) is 12.8. The van der Waals surface area contributed by atoms with Crippen LogP contribution in [-0.4, -0.2) is 67.7 Å². The number of nitrogens with zero attached hydrogens (tertiary/aromatic N) is 3. The lowest BCUT2D eigenvalue weighted by molar-refractivity contribution is -0.133. The predicted octanol–water partition coefficient (Wildman–Crippen LogP) is 5.66. The number of rotatable bonds is 8. The SMILES string of the molecule is CC(=O)N1CCC(C(=O)N(CCCN2CCC(Cc3ccc4c(c3)OCO4)CC2)c2ccc(Cl)c(Cl)c2)CC1. The molecule has 0 unspecified atom stereocenters. The lowest BCUT2D eigenvalue weighted by atomic mass is 9.90. The Bertz CT molecular complexity index is 1180. The summed E-state index contributed by atoms with van der Waals surface area (Å²) in [6, 6.07) is 11.7. The van der Waals surface area contributed by atoms with Crippen LogP contribution in [-0.2, 0) is 16.0 Å². The van der Waals surface area contributed by atoms with Crippen molar-refractivity contribution in [2.75, 3.05) is 51.0 Å². The average Bonchev–Trinajstić information content (AvgIpc) is 3.41. The Hall–Kier alpha value is -2.48. The molecule has 0 aromatic heterocycles. The topological polar surface area (TPSA) is 62.3 Å². The number of benzene rings is 2. The van der Waals surface area contributed by atoms with E-state index in [9.17, 15) is 9.59 Å². The zero-order chi connectivity index (χ0) is 27.4. The number of hydrogen-bond donors (Lipinski definition) is 0. The van der Waals surface area contributed by atoms with Gasteiger partial charge in [0.1, 0.15) is 0 Å². The van der Waals surface area contributed by atoms with Gasteiger partial charge < -0.3 is 24.2 Å². The normalized spacial score (nSPS) is 18.4. The van der Waals surface area contributed by atoms with Crippen LogP contribution in [0, 0.1) is 11.8 Å². The Kier molecular flexibility index (Phi) is 9.21. The summed E-state index contributed by atoms with van der Waals surface area (Å²) < 4.78 is 11.0. The number of ether oxygens (including phenoxy) is 2. The van der Waals surface area contributed by atoms with Gasteiger partial charge in [0.05, 0.1) is 10.0 Å². The molecule has 7 nitrogen and oxygen atoms in total. The van der Waals surface area contributed by atoms with Crippen molar-refractivity contribution in [1.82, 2.24) is 9.80 Å². The summed E-state index contributed by atoms with van der Waals surface area (Å²) >= 11 is 12.5. The quantitative estimate of drug-likeness (QED) is 0.408. The highest BCUT2D eigenvalue weighted by Crippen LogP contribution is 2.34. The fourth-order valence-electron chi connectivity index (χ4n) is 5.95. The van der Waals surface area contributed by atoms with Crippen LogP contribution in [0.1, 0.15) is 44.6 Å². The lowest BCUT2D eigenvalue weighted by Gasteiger charge is -2.35. The molecule has 0 bridgehead atoms. The van der Waals surface area contributed by atoms with E-state index in [0.29, 0.717) is 55.2 Å². The largest absolute Gasteiger partial charge is 0.454 e.